The third-order valence-electron chi connectivity index (χ3n) is 4.22. The van der Waals surface area contributed by atoms with Crippen molar-refractivity contribution >= 4 is 12.3 Å². The minimum absolute atomic E-state index is 0.988. The predicted octanol–water partition coefficient (Wildman–Crippen LogP) is 3.89. The minimum Gasteiger partial charge on any atom is -0.295 e. The first-order valence-electron chi connectivity index (χ1n) is 8.58. The van der Waals surface area contributed by atoms with Crippen LogP contribution in [-0.4, -0.2) is 42.3 Å². The highest BCUT2D eigenvalue weighted by Gasteiger charge is 2.15. The molecular weight excluding hydrogens is 294 g/mol. The first kappa shape index (κ1) is 16.5. The van der Waals surface area contributed by atoms with Gasteiger partial charge in [0, 0.05) is 38.9 Å². The van der Waals surface area contributed by atoms with Gasteiger partial charge < -0.3 is 0 Å². The molecule has 0 saturated carbocycles. The predicted molar refractivity (Wildman–Crippen MR) is 102 cm³/mol. The van der Waals surface area contributed by atoms with E-state index in [1.165, 1.54) is 16.7 Å². The van der Waals surface area contributed by atoms with Crippen molar-refractivity contribution in [2.24, 2.45) is 5.10 Å². The van der Waals surface area contributed by atoms with Crippen LogP contribution in [0.15, 0.2) is 71.3 Å². The van der Waals surface area contributed by atoms with Gasteiger partial charge in [-0.2, -0.15) is 5.10 Å². The maximum absolute atomic E-state index is 4.63. The van der Waals surface area contributed by atoms with Gasteiger partial charge in [0.25, 0.3) is 0 Å². The van der Waals surface area contributed by atoms with Gasteiger partial charge in [-0.05, 0) is 23.6 Å². The van der Waals surface area contributed by atoms with Crippen LogP contribution in [0.1, 0.15) is 18.1 Å². The number of benzene rings is 2. The van der Waals surface area contributed by atoms with E-state index in [9.17, 15) is 0 Å². The maximum atomic E-state index is 4.63. The van der Waals surface area contributed by atoms with Gasteiger partial charge >= 0.3 is 0 Å². The van der Waals surface area contributed by atoms with Crippen molar-refractivity contribution in [2.45, 2.75) is 13.5 Å². The molecule has 0 radical (unpaired) electrons. The number of piperazine rings is 1. The topological polar surface area (TPSA) is 18.8 Å². The van der Waals surface area contributed by atoms with Crippen LogP contribution in [0.5, 0.6) is 0 Å². The van der Waals surface area contributed by atoms with Gasteiger partial charge in [0.05, 0.1) is 0 Å². The highest BCUT2D eigenvalue weighted by molar-refractivity contribution is 5.84. The molecule has 0 spiro atoms. The SMILES string of the molecule is CC(/C=N/N1CCN(Cc2ccccc2)CC1)=C\c1ccccc1. The van der Waals surface area contributed by atoms with Crippen molar-refractivity contribution < 1.29 is 0 Å². The second-order valence-corrected chi connectivity index (χ2v) is 6.26. The Morgan fingerprint density at radius 1 is 0.917 bits per heavy atom. The molecule has 0 amide bonds. The van der Waals surface area contributed by atoms with E-state index >= 15 is 0 Å². The second-order valence-electron chi connectivity index (χ2n) is 6.26. The van der Waals surface area contributed by atoms with E-state index < -0.39 is 0 Å². The van der Waals surface area contributed by atoms with Gasteiger partial charge in [0.15, 0.2) is 0 Å². The first-order chi connectivity index (χ1) is 11.8. The van der Waals surface area contributed by atoms with Crippen LogP contribution in [0.25, 0.3) is 6.08 Å². The summed E-state index contributed by atoms with van der Waals surface area (Å²) in [6.45, 7) is 7.23. The molecule has 1 saturated heterocycles. The van der Waals surface area contributed by atoms with Gasteiger partial charge in [-0.25, -0.2) is 0 Å². The van der Waals surface area contributed by atoms with Crippen LogP contribution in [-0.2, 0) is 6.54 Å². The Kier molecular flexibility index (Phi) is 5.80. The van der Waals surface area contributed by atoms with Crippen LogP contribution in [0.2, 0.25) is 0 Å². The summed E-state index contributed by atoms with van der Waals surface area (Å²) in [5.41, 5.74) is 3.78. The fourth-order valence-electron chi connectivity index (χ4n) is 2.87. The molecule has 2 aromatic rings. The van der Waals surface area contributed by atoms with Crippen molar-refractivity contribution in [2.75, 3.05) is 26.2 Å². The summed E-state index contributed by atoms with van der Waals surface area (Å²) in [7, 11) is 0. The fourth-order valence-corrected chi connectivity index (χ4v) is 2.87. The summed E-state index contributed by atoms with van der Waals surface area (Å²) in [6.07, 6.45) is 4.13. The molecule has 0 unspecified atom stereocenters. The summed E-state index contributed by atoms with van der Waals surface area (Å²) >= 11 is 0. The quantitative estimate of drug-likeness (QED) is 0.779. The number of hydrazone groups is 1. The van der Waals surface area contributed by atoms with E-state index in [0.717, 1.165) is 32.7 Å². The van der Waals surface area contributed by atoms with Gasteiger partial charge in [-0.3, -0.25) is 9.91 Å². The molecule has 3 nitrogen and oxygen atoms in total. The zero-order chi connectivity index (χ0) is 16.6. The maximum Gasteiger partial charge on any atom is 0.0499 e. The molecule has 0 bridgehead atoms. The third-order valence-corrected chi connectivity index (χ3v) is 4.22. The van der Waals surface area contributed by atoms with Crippen molar-refractivity contribution in [1.82, 2.24) is 9.91 Å². The molecule has 0 atom stereocenters. The number of nitrogens with zero attached hydrogens (tertiary/aromatic N) is 3. The molecule has 1 aliphatic heterocycles. The van der Waals surface area contributed by atoms with E-state index in [1.54, 1.807) is 0 Å². The Morgan fingerprint density at radius 2 is 1.54 bits per heavy atom. The van der Waals surface area contributed by atoms with Gasteiger partial charge in [0.2, 0.25) is 0 Å². The standard InChI is InChI=1S/C21H25N3/c1-19(16-20-8-4-2-5-9-20)17-22-24-14-12-23(13-15-24)18-21-10-6-3-7-11-21/h2-11,16-17H,12-15,18H2,1H3/b19-16+,22-17+. The summed E-state index contributed by atoms with van der Waals surface area (Å²) in [5.74, 6) is 0. The van der Waals surface area contributed by atoms with Gasteiger partial charge in [-0.1, -0.05) is 66.7 Å². The molecule has 124 valence electrons. The van der Waals surface area contributed by atoms with Crippen LogP contribution >= 0.6 is 0 Å². The Balaban J connectivity index is 1.47. The van der Waals surface area contributed by atoms with Gasteiger partial charge in [-0.15, -0.1) is 0 Å². The zero-order valence-corrected chi connectivity index (χ0v) is 14.3. The highest BCUT2D eigenvalue weighted by atomic mass is 15.5. The number of hydrogen-bond acceptors (Lipinski definition) is 3. The van der Waals surface area contributed by atoms with Gasteiger partial charge in [0.1, 0.15) is 0 Å². The van der Waals surface area contributed by atoms with Crippen molar-refractivity contribution in [1.29, 1.82) is 0 Å². The molecule has 1 fully saturated rings. The molecule has 24 heavy (non-hydrogen) atoms. The van der Waals surface area contributed by atoms with E-state index in [1.807, 2.05) is 12.3 Å². The number of rotatable bonds is 5. The average Bonchev–Trinajstić information content (AvgIpc) is 2.63. The summed E-state index contributed by atoms with van der Waals surface area (Å²) < 4.78 is 0. The lowest BCUT2D eigenvalue weighted by atomic mass is 10.1. The van der Waals surface area contributed by atoms with Crippen LogP contribution in [0, 0.1) is 0 Å². The largest absolute Gasteiger partial charge is 0.295 e. The van der Waals surface area contributed by atoms with E-state index in [-0.39, 0.29) is 0 Å². The average molecular weight is 319 g/mol. The fraction of sp³-hybridized carbons (Fsp3) is 0.286. The molecule has 0 N–H and O–H groups in total. The second kappa shape index (κ2) is 8.46. The number of hydrogen-bond donors (Lipinski definition) is 0. The molecule has 3 heteroatoms. The molecule has 3 rings (SSSR count). The Morgan fingerprint density at radius 3 is 2.21 bits per heavy atom. The zero-order valence-electron chi connectivity index (χ0n) is 14.3. The lowest BCUT2D eigenvalue weighted by Gasteiger charge is -2.33. The lowest BCUT2D eigenvalue weighted by Crippen LogP contribution is -2.43. The summed E-state index contributed by atoms with van der Waals surface area (Å²) in [6, 6.07) is 21.1. The van der Waals surface area contributed by atoms with Crippen LogP contribution in [0.3, 0.4) is 0 Å². The Bertz CT molecular complexity index is 669. The Hall–Kier alpha value is -2.39. The van der Waals surface area contributed by atoms with Crippen LogP contribution in [0.4, 0.5) is 0 Å². The van der Waals surface area contributed by atoms with Crippen LogP contribution < -0.4 is 0 Å². The minimum atomic E-state index is 0.988. The highest BCUT2D eigenvalue weighted by Crippen LogP contribution is 2.09. The monoisotopic (exact) mass is 319 g/mol. The molecule has 0 aromatic heterocycles. The molecule has 0 aliphatic carbocycles. The van der Waals surface area contributed by atoms with Crippen molar-refractivity contribution in [3.8, 4) is 0 Å². The Labute approximate surface area is 144 Å². The number of allylic oxidation sites excluding steroid dienone is 1. The lowest BCUT2D eigenvalue weighted by molar-refractivity contribution is 0.131. The summed E-state index contributed by atoms with van der Waals surface area (Å²) in [4.78, 5) is 2.49. The van der Waals surface area contributed by atoms with Crippen molar-refractivity contribution in [3.63, 3.8) is 0 Å². The molecular formula is C21H25N3. The smallest absolute Gasteiger partial charge is 0.0499 e. The molecule has 1 aliphatic rings. The van der Waals surface area contributed by atoms with E-state index in [2.05, 4.69) is 82.6 Å². The first-order valence-corrected chi connectivity index (χ1v) is 8.58. The van der Waals surface area contributed by atoms with Crippen molar-refractivity contribution in [3.05, 3.63) is 77.4 Å². The molecule has 1 heterocycles. The van der Waals surface area contributed by atoms with E-state index in [4.69, 9.17) is 0 Å². The normalized spacial score (nSPS) is 16.7. The molecule has 2 aromatic carbocycles. The third kappa shape index (κ3) is 5.07. The summed E-state index contributed by atoms with van der Waals surface area (Å²) in [5, 5.41) is 6.80. The van der Waals surface area contributed by atoms with E-state index in [0.29, 0.717) is 0 Å².